The third-order valence-electron chi connectivity index (χ3n) is 1.26. The predicted octanol–water partition coefficient (Wildman–Crippen LogP) is 1.52. The van der Waals surface area contributed by atoms with Gasteiger partial charge in [-0.25, -0.2) is 0 Å². The van der Waals surface area contributed by atoms with E-state index in [-0.39, 0.29) is 11.2 Å². The van der Waals surface area contributed by atoms with Crippen molar-refractivity contribution in [3.8, 4) is 0 Å². The fourth-order valence-electron chi connectivity index (χ4n) is 0.564. The van der Waals surface area contributed by atoms with Crippen LogP contribution in [0, 0.1) is 0 Å². The summed E-state index contributed by atoms with van der Waals surface area (Å²) in [6.07, 6.45) is 0. The molecule has 0 N–H and O–H groups in total. The van der Waals surface area contributed by atoms with Gasteiger partial charge in [0.2, 0.25) is 0 Å². The van der Waals surface area contributed by atoms with Crippen LogP contribution in [0.25, 0.3) is 0 Å². The van der Waals surface area contributed by atoms with Gasteiger partial charge in [-0.1, -0.05) is 24.0 Å². The van der Waals surface area contributed by atoms with Gasteiger partial charge in [-0.2, -0.15) is 0 Å². The van der Waals surface area contributed by atoms with Gasteiger partial charge in [0.15, 0.2) is 0 Å². The van der Waals surface area contributed by atoms with Gasteiger partial charge >= 0.3 is 5.97 Å². The lowest BCUT2D eigenvalue weighted by atomic mass is 10.5. The minimum atomic E-state index is -0.227. The summed E-state index contributed by atoms with van der Waals surface area (Å²) < 4.78 is 5.54. The highest BCUT2D eigenvalue weighted by molar-refractivity contribution is 8.23. The average Bonchev–Trinajstić information content (AvgIpc) is 2.04. The van der Waals surface area contributed by atoms with E-state index in [9.17, 15) is 4.79 Å². The maximum absolute atomic E-state index is 11.2. The summed E-state index contributed by atoms with van der Waals surface area (Å²) in [6, 6.07) is 0. The summed E-state index contributed by atoms with van der Waals surface area (Å²) in [5.41, 5.74) is 0. The number of carbonyl (C=O) groups excluding carboxylic acids is 1. The largest absolute Gasteiger partial charge is 0.465 e. The van der Waals surface area contributed by atoms with E-state index in [2.05, 4.69) is 0 Å². The van der Waals surface area contributed by atoms with Crippen LogP contribution < -0.4 is 0 Å². The molecule has 0 radical (unpaired) electrons. The summed E-state index contributed by atoms with van der Waals surface area (Å²) in [6.45, 7) is 4.00. The summed E-state index contributed by atoms with van der Waals surface area (Å²) in [5, 5.41) is -0.227. The van der Waals surface area contributed by atoms with Crippen LogP contribution in [0.5, 0.6) is 0 Å². The van der Waals surface area contributed by atoms with Gasteiger partial charge in [0.1, 0.15) is 9.57 Å². The lowest BCUT2D eigenvalue weighted by Gasteiger charge is -2.15. The molecule has 0 saturated heterocycles. The fraction of sp³-hybridized carbons (Fsp3) is 0.750. The third-order valence-corrected chi connectivity index (χ3v) is 3.03. The average molecular weight is 221 g/mol. The summed E-state index contributed by atoms with van der Waals surface area (Å²) in [4.78, 5) is 13.0. The lowest BCUT2D eigenvalue weighted by Crippen LogP contribution is -2.23. The van der Waals surface area contributed by atoms with Crippen LogP contribution in [0.4, 0.5) is 0 Å². The van der Waals surface area contributed by atoms with Crippen LogP contribution in [0.15, 0.2) is 0 Å². The second kappa shape index (κ2) is 6.21. The van der Waals surface area contributed by atoms with Crippen LogP contribution >= 0.6 is 24.0 Å². The Balaban J connectivity index is 3.92. The Labute approximate surface area is 88.8 Å². The molecule has 0 aliphatic rings. The zero-order valence-corrected chi connectivity index (χ0v) is 10.00. The first kappa shape index (κ1) is 12.7. The molecule has 0 heterocycles. The van der Waals surface area contributed by atoms with Crippen molar-refractivity contribution in [1.29, 1.82) is 0 Å². The van der Waals surface area contributed by atoms with E-state index in [1.54, 1.807) is 18.7 Å². The Bertz CT molecular complexity index is 195. The lowest BCUT2D eigenvalue weighted by molar-refractivity contribution is -0.142. The molecule has 5 heteroatoms. The van der Waals surface area contributed by atoms with Crippen LogP contribution in [-0.4, -0.2) is 41.1 Å². The maximum atomic E-state index is 11.2. The molecule has 0 saturated carbocycles. The highest BCUT2D eigenvalue weighted by atomic mass is 32.2. The topological polar surface area (TPSA) is 29.5 Å². The van der Waals surface area contributed by atoms with E-state index >= 15 is 0 Å². The van der Waals surface area contributed by atoms with Gasteiger partial charge in [0.05, 0.1) is 6.61 Å². The van der Waals surface area contributed by atoms with Gasteiger partial charge in [0, 0.05) is 14.1 Å². The van der Waals surface area contributed by atoms with Crippen molar-refractivity contribution >= 4 is 34.3 Å². The first-order valence-electron chi connectivity index (χ1n) is 4.03. The Morgan fingerprint density at radius 1 is 1.62 bits per heavy atom. The van der Waals surface area contributed by atoms with Crippen molar-refractivity contribution in [2.45, 2.75) is 19.1 Å². The second-order valence-electron chi connectivity index (χ2n) is 2.67. The molecule has 13 heavy (non-hydrogen) atoms. The molecule has 0 aromatic heterocycles. The molecule has 0 aliphatic carbocycles. The van der Waals surface area contributed by atoms with E-state index < -0.39 is 0 Å². The van der Waals surface area contributed by atoms with Crippen LogP contribution in [-0.2, 0) is 9.53 Å². The number of rotatable bonds is 3. The Hall–Kier alpha value is -0.290. The quantitative estimate of drug-likeness (QED) is 0.532. The molecule has 0 aromatic carbocycles. The number of nitrogens with zero attached hydrogens (tertiary/aromatic N) is 1. The zero-order chi connectivity index (χ0) is 10.4. The van der Waals surface area contributed by atoms with E-state index in [4.69, 9.17) is 17.0 Å². The van der Waals surface area contributed by atoms with Crippen molar-refractivity contribution in [3.63, 3.8) is 0 Å². The summed E-state index contributed by atoms with van der Waals surface area (Å²) in [7, 11) is 3.71. The van der Waals surface area contributed by atoms with Crippen LogP contribution in [0.2, 0.25) is 0 Å². The molecule has 3 nitrogen and oxygen atoms in total. The number of ether oxygens (including phenoxy) is 1. The number of hydrogen-bond donors (Lipinski definition) is 0. The van der Waals surface area contributed by atoms with E-state index in [0.717, 1.165) is 0 Å². The van der Waals surface area contributed by atoms with Crippen molar-refractivity contribution in [3.05, 3.63) is 0 Å². The second-order valence-corrected chi connectivity index (χ2v) is 4.65. The first-order chi connectivity index (χ1) is 5.99. The molecule has 1 unspecified atom stereocenters. The van der Waals surface area contributed by atoms with E-state index in [1.807, 2.05) is 14.1 Å². The summed E-state index contributed by atoms with van der Waals surface area (Å²) >= 11 is 6.38. The normalized spacial score (nSPS) is 12.0. The van der Waals surface area contributed by atoms with Gasteiger partial charge in [0.25, 0.3) is 0 Å². The predicted molar refractivity (Wildman–Crippen MR) is 60.0 cm³/mol. The molecular weight excluding hydrogens is 206 g/mol. The van der Waals surface area contributed by atoms with Gasteiger partial charge < -0.3 is 9.64 Å². The molecule has 76 valence electrons. The molecule has 0 fully saturated rings. The number of hydrogen-bond acceptors (Lipinski definition) is 4. The van der Waals surface area contributed by atoms with Crippen molar-refractivity contribution in [2.24, 2.45) is 0 Å². The zero-order valence-electron chi connectivity index (χ0n) is 8.36. The first-order valence-corrected chi connectivity index (χ1v) is 5.32. The molecule has 0 rings (SSSR count). The molecule has 1 atom stereocenters. The standard InChI is InChI=1S/C8H15NO2S2/c1-5-11-7(10)6(2)13-8(12)9(3)4/h6H,5H2,1-4H3. The highest BCUT2D eigenvalue weighted by Crippen LogP contribution is 2.15. The van der Waals surface area contributed by atoms with Gasteiger partial charge in [-0.3, -0.25) is 4.79 Å². The number of thioether (sulfide) groups is 1. The smallest absolute Gasteiger partial charge is 0.319 e. The fourth-order valence-corrected chi connectivity index (χ4v) is 1.67. The minimum Gasteiger partial charge on any atom is -0.465 e. The molecule has 0 aliphatic heterocycles. The van der Waals surface area contributed by atoms with Crippen LogP contribution in [0.3, 0.4) is 0 Å². The molecular formula is C8H15NO2S2. The van der Waals surface area contributed by atoms with Crippen molar-refractivity contribution < 1.29 is 9.53 Å². The Kier molecular flexibility index (Phi) is 6.07. The molecule has 0 amide bonds. The molecule has 0 bridgehead atoms. The Morgan fingerprint density at radius 3 is 2.54 bits per heavy atom. The van der Waals surface area contributed by atoms with E-state index in [0.29, 0.717) is 10.9 Å². The number of carbonyl (C=O) groups is 1. The minimum absolute atomic E-state index is 0.211. The van der Waals surface area contributed by atoms with Gasteiger partial charge in [-0.05, 0) is 13.8 Å². The molecule has 0 spiro atoms. The number of esters is 1. The van der Waals surface area contributed by atoms with Crippen molar-refractivity contribution in [1.82, 2.24) is 4.90 Å². The summed E-state index contributed by atoms with van der Waals surface area (Å²) in [5.74, 6) is -0.211. The van der Waals surface area contributed by atoms with Crippen LogP contribution in [0.1, 0.15) is 13.8 Å². The number of thiocarbonyl (C=S) groups is 1. The maximum Gasteiger partial charge on any atom is 0.319 e. The van der Waals surface area contributed by atoms with Crippen molar-refractivity contribution in [2.75, 3.05) is 20.7 Å². The molecule has 0 aromatic rings. The Morgan fingerprint density at radius 2 is 2.15 bits per heavy atom. The highest BCUT2D eigenvalue weighted by Gasteiger charge is 2.17. The SMILES string of the molecule is CCOC(=O)C(C)SC(=S)N(C)C. The third kappa shape index (κ3) is 5.10. The van der Waals surface area contributed by atoms with Gasteiger partial charge in [-0.15, -0.1) is 0 Å². The monoisotopic (exact) mass is 221 g/mol. The van der Waals surface area contributed by atoms with E-state index in [1.165, 1.54) is 11.8 Å².